The van der Waals surface area contributed by atoms with Gasteiger partial charge in [0, 0.05) is 19.1 Å². The van der Waals surface area contributed by atoms with E-state index in [1.165, 1.54) is 0 Å². The molecule has 1 amide bonds. The average molecular weight is 329 g/mol. The molecule has 1 atom stereocenters. The van der Waals surface area contributed by atoms with Gasteiger partial charge in [0.05, 0.1) is 12.0 Å². The van der Waals surface area contributed by atoms with Gasteiger partial charge in [0.2, 0.25) is 0 Å². The smallest absolute Gasteiger partial charge is 0.410 e. The molecule has 2 N–H and O–H groups in total. The Hall–Kier alpha value is -1.34. The number of nitrogens with one attached hydrogen (secondary N) is 1. The molecule has 134 valence electrons. The molecule has 0 radical (unpaired) electrons. The molecule has 7 heteroatoms. The van der Waals surface area contributed by atoms with Crippen molar-refractivity contribution in [1.29, 1.82) is 0 Å². The third-order valence-corrected chi connectivity index (χ3v) is 3.69. The lowest BCUT2D eigenvalue weighted by Crippen LogP contribution is -2.72. The van der Waals surface area contributed by atoms with E-state index in [9.17, 15) is 14.7 Å². The molecule has 7 nitrogen and oxygen atoms in total. The number of ether oxygens (including phenoxy) is 1. The molecule has 0 aromatic carbocycles. The molecule has 1 aliphatic heterocycles. The average Bonchev–Trinajstić information content (AvgIpc) is 2.29. The Labute approximate surface area is 139 Å². The Morgan fingerprint density at radius 1 is 1.35 bits per heavy atom. The molecule has 1 aliphatic rings. The normalized spacial score (nSPS) is 18.5. The second kappa shape index (κ2) is 7.49. The summed E-state index contributed by atoms with van der Waals surface area (Å²) in [6.45, 7) is 9.14. The number of hydrogen-bond acceptors (Lipinski definition) is 5. The molecule has 0 aliphatic carbocycles. The van der Waals surface area contributed by atoms with E-state index < -0.39 is 17.1 Å². The number of carbonyl (C=O) groups excluding carboxylic acids is 1. The van der Waals surface area contributed by atoms with Gasteiger partial charge >= 0.3 is 12.1 Å². The molecule has 1 rings (SSSR count). The number of rotatable bonds is 7. The van der Waals surface area contributed by atoms with Crippen molar-refractivity contribution >= 4 is 12.1 Å². The van der Waals surface area contributed by atoms with E-state index in [1.54, 1.807) is 4.90 Å². The minimum Gasteiger partial charge on any atom is -0.481 e. The Balaban J connectivity index is 2.59. The van der Waals surface area contributed by atoms with Crippen LogP contribution in [0.4, 0.5) is 4.79 Å². The number of likely N-dealkylation sites (tertiary alicyclic amines) is 1. The summed E-state index contributed by atoms with van der Waals surface area (Å²) in [7, 11) is 4.01. The first-order valence-electron chi connectivity index (χ1n) is 8.05. The van der Waals surface area contributed by atoms with Crippen molar-refractivity contribution in [3.63, 3.8) is 0 Å². The molecule has 1 fully saturated rings. The maximum Gasteiger partial charge on any atom is 0.410 e. The first-order valence-corrected chi connectivity index (χ1v) is 8.05. The molecule has 1 heterocycles. The summed E-state index contributed by atoms with van der Waals surface area (Å²) in [6, 6.07) is 0.178. The van der Waals surface area contributed by atoms with E-state index in [2.05, 4.69) is 10.2 Å². The lowest BCUT2D eigenvalue weighted by atomic mass is 9.85. The molecule has 23 heavy (non-hydrogen) atoms. The molecule has 0 bridgehead atoms. The Kier molecular flexibility index (Phi) is 6.41. The largest absolute Gasteiger partial charge is 0.481 e. The van der Waals surface area contributed by atoms with Crippen LogP contribution in [0.1, 0.15) is 40.5 Å². The van der Waals surface area contributed by atoms with Crippen LogP contribution in [0, 0.1) is 0 Å². The number of carbonyl (C=O) groups is 2. The van der Waals surface area contributed by atoms with Crippen LogP contribution in [0.2, 0.25) is 0 Å². The van der Waals surface area contributed by atoms with Crippen LogP contribution < -0.4 is 5.32 Å². The third kappa shape index (κ3) is 6.74. The number of aliphatic carboxylic acids is 1. The van der Waals surface area contributed by atoms with E-state index in [1.807, 2.05) is 41.8 Å². The fourth-order valence-electron chi connectivity index (χ4n) is 2.73. The minimum atomic E-state index is -0.860. The van der Waals surface area contributed by atoms with E-state index in [0.29, 0.717) is 13.1 Å². The van der Waals surface area contributed by atoms with Gasteiger partial charge < -0.3 is 25.0 Å². The highest BCUT2D eigenvalue weighted by Crippen LogP contribution is 2.27. The second-order valence-corrected chi connectivity index (χ2v) is 7.82. The highest BCUT2D eigenvalue weighted by molar-refractivity contribution is 5.73. The van der Waals surface area contributed by atoms with Crippen molar-refractivity contribution in [2.24, 2.45) is 0 Å². The molecule has 0 aromatic rings. The number of hydrogen-bond donors (Lipinski definition) is 2. The summed E-state index contributed by atoms with van der Waals surface area (Å²) < 4.78 is 5.33. The van der Waals surface area contributed by atoms with Crippen LogP contribution in [0.25, 0.3) is 0 Å². The zero-order valence-electron chi connectivity index (χ0n) is 15.2. The highest BCUT2D eigenvalue weighted by Gasteiger charge is 2.48. The monoisotopic (exact) mass is 329 g/mol. The summed E-state index contributed by atoms with van der Waals surface area (Å²) in [5.74, 6) is -0.860. The topological polar surface area (TPSA) is 82.1 Å². The maximum atomic E-state index is 12.0. The van der Waals surface area contributed by atoms with Crippen LogP contribution in [0.5, 0.6) is 0 Å². The molecule has 1 unspecified atom stereocenters. The zero-order valence-corrected chi connectivity index (χ0v) is 15.2. The number of nitrogens with zero attached hydrogens (tertiary/aromatic N) is 2. The number of amides is 1. The van der Waals surface area contributed by atoms with Crippen molar-refractivity contribution in [3.8, 4) is 0 Å². The van der Waals surface area contributed by atoms with E-state index in [-0.39, 0.29) is 18.6 Å². The standard InChI is InChI=1S/C16H31N3O4/c1-12(7-8-18(5)6)17-16(9-13(20)21)10-19(11-16)14(22)23-15(2,3)4/h12,17H,7-11H2,1-6H3,(H,20,21). The van der Waals surface area contributed by atoms with Gasteiger partial charge in [0.15, 0.2) is 0 Å². The zero-order chi connectivity index (χ0) is 17.8. The van der Waals surface area contributed by atoms with Crippen LogP contribution >= 0.6 is 0 Å². The van der Waals surface area contributed by atoms with Gasteiger partial charge in [-0.05, 0) is 54.8 Å². The fraction of sp³-hybridized carbons (Fsp3) is 0.875. The van der Waals surface area contributed by atoms with Crippen LogP contribution in [0.15, 0.2) is 0 Å². The lowest BCUT2D eigenvalue weighted by molar-refractivity contribution is -0.141. The molecule has 0 aromatic heterocycles. The van der Waals surface area contributed by atoms with Crippen LogP contribution in [-0.4, -0.2) is 77.9 Å². The third-order valence-electron chi connectivity index (χ3n) is 3.69. The van der Waals surface area contributed by atoms with Crippen molar-refractivity contribution in [2.75, 3.05) is 33.7 Å². The highest BCUT2D eigenvalue weighted by atomic mass is 16.6. The maximum absolute atomic E-state index is 12.0. The van der Waals surface area contributed by atoms with Gasteiger partial charge in [-0.3, -0.25) is 4.79 Å². The van der Waals surface area contributed by atoms with Crippen LogP contribution in [0.3, 0.4) is 0 Å². The molecule has 0 saturated carbocycles. The van der Waals surface area contributed by atoms with Crippen molar-refractivity contribution in [2.45, 2.75) is 57.7 Å². The lowest BCUT2D eigenvalue weighted by Gasteiger charge is -2.51. The SMILES string of the molecule is CC(CCN(C)C)NC1(CC(=O)O)CN(C(=O)OC(C)(C)C)C1. The fourth-order valence-corrected chi connectivity index (χ4v) is 2.73. The summed E-state index contributed by atoms with van der Waals surface area (Å²) in [4.78, 5) is 26.9. The quantitative estimate of drug-likeness (QED) is 0.734. The molecule has 0 spiro atoms. The van der Waals surface area contributed by atoms with Gasteiger partial charge in [-0.15, -0.1) is 0 Å². The predicted molar refractivity (Wildman–Crippen MR) is 88.6 cm³/mol. The number of carboxylic acids is 1. The Bertz CT molecular complexity index is 426. The minimum absolute atomic E-state index is 0.00139. The first-order chi connectivity index (χ1) is 10.4. The van der Waals surface area contributed by atoms with Crippen LogP contribution in [-0.2, 0) is 9.53 Å². The van der Waals surface area contributed by atoms with Gasteiger partial charge in [0.1, 0.15) is 5.60 Å². The van der Waals surface area contributed by atoms with Crippen molar-refractivity contribution in [3.05, 3.63) is 0 Å². The number of carboxylic acid groups (broad SMARTS) is 1. The second-order valence-electron chi connectivity index (χ2n) is 7.82. The van der Waals surface area contributed by atoms with Crippen molar-refractivity contribution in [1.82, 2.24) is 15.1 Å². The van der Waals surface area contributed by atoms with E-state index in [4.69, 9.17) is 4.74 Å². The van der Waals surface area contributed by atoms with Gasteiger partial charge in [-0.25, -0.2) is 4.79 Å². The predicted octanol–water partition coefficient (Wildman–Crippen LogP) is 1.38. The van der Waals surface area contributed by atoms with Gasteiger partial charge in [-0.2, -0.15) is 0 Å². The van der Waals surface area contributed by atoms with E-state index in [0.717, 1.165) is 13.0 Å². The first kappa shape index (κ1) is 19.7. The summed E-state index contributed by atoms with van der Waals surface area (Å²) in [5, 5.41) is 12.6. The van der Waals surface area contributed by atoms with Crippen molar-refractivity contribution < 1.29 is 19.4 Å². The molecular weight excluding hydrogens is 298 g/mol. The van der Waals surface area contributed by atoms with Gasteiger partial charge in [-0.1, -0.05) is 0 Å². The summed E-state index contributed by atoms with van der Waals surface area (Å²) in [6.07, 6.45) is 0.528. The van der Waals surface area contributed by atoms with Gasteiger partial charge in [0.25, 0.3) is 0 Å². The molecular formula is C16H31N3O4. The Morgan fingerprint density at radius 2 is 1.91 bits per heavy atom. The Morgan fingerprint density at radius 3 is 2.35 bits per heavy atom. The van der Waals surface area contributed by atoms with E-state index >= 15 is 0 Å². The molecule has 1 saturated heterocycles. The summed E-state index contributed by atoms with van der Waals surface area (Å²) >= 11 is 0. The summed E-state index contributed by atoms with van der Waals surface area (Å²) in [5.41, 5.74) is -1.11.